The van der Waals surface area contributed by atoms with E-state index in [4.69, 9.17) is 12.4 Å². The fourth-order valence-corrected chi connectivity index (χ4v) is 6.11. The maximum atomic E-state index is 12.2. The molecule has 0 bridgehead atoms. The summed E-state index contributed by atoms with van der Waals surface area (Å²) in [6.07, 6.45) is 9.85. The Balaban J connectivity index is 2.37. The van der Waals surface area contributed by atoms with E-state index in [2.05, 4.69) is 29.8 Å². The van der Waals surface area contributed by atoms with Crippen LogP contribution in [-0.2, 0) is 12.4 Å². The molecule has 6 nitrogen and oxygen atoms in total. The number of hydrogen-bond acceptors (Lipinski definition) is 5. The van der Waals surface area contributed by atoms with Crippen LogP contribution < -0.4 is 0 Å². The second kappa shape index (κ2) is 10.4. The summed E-state index contributed by atoms with van der Waals surface area (Å²) < 4.78 is 16.9. The predicted octanol–water partition coefficient (Wildman–Crippen LogP) is 4.77. The second-order valence-corrected chi connectivity index (χ2v) is 9.33. The number of hydrogen-bond donors (Lipinski definition) is 0. The van der Waals surface area contributed by atoms with E-state index < -0.39 is 23.5 Å². The summed E-state index contributed by atoms with van der Waals surface area (Å²) in [6.45, 7) is 4.16. The fraction of sp³-hybridized carbons (Fsp3) is 1.00. The van der Waals surface area contributed by atoms with Crippen molar-refractivity contribution in [1.29, 1.82) is 0 Å². The minimum absolute atomic E-state index is 0.288. The average Bonchev–Trinajstić information content (AvgIpc) is 2.66. The van der Waals surface area contributed by atoms with Crippen molar-refractivity contribution in [3.05, 3.63) is 10.1 Å². The van der Waals surface area contributed by atoms with Crippen LogP contribution in [0.15, 0.2) is 0 Å². The van der Waals surface area contributed by atoms with Crippen molar-refractivity contribution in [2.24, 2.45) is 0 Å². The van der Waals surface area contributed by atoms with E-state index >= 15 is 0 Å². The molecule has 3 atom stereocenters. The molecule has 26 heavy (non-hydrogen) atoms. The molecule has 1 saturated heterocycles. The number of unbranched alkanes of at least 4 members (excludes halogenated alkanes) is 2. The Morgan fingerprint density at radius 3 is 2.46 bits per heavy atom. The van der Waals surface area contributed by atoms with Crippen molar-refractivity contribution in [2.75, 3.05) is 0 Å². The van der Waals surface area contributed by atoms with Gasteiger partial charge in [-0.25, -0.2) is 0 Å². The van der Waals surface area contributed by atoms with Crippen molar-refractivity contribution >= 4 is 46.0 Å². The molecule has 3 radical (unpaired) electrons. The summed E-state index contributed by atoms with van der Waals surface area (Å²) >= 11 is 4.24. The number of halogens is 1. The number of nitro groups is 1. The molecule has 0 N–H and O–H groups in total. The Morgan fingerprint density at radius 2 is 1.92 bits per heavy atom. The van der Waals surface area contributed by atoms with E-state index in [1.54, 1.807) is 0 Å². The molecule has 0 amide bonds. The zero-order valence-electron chi connectivity index (χ0n) is 15.9. The van der Waals surface area contributed by atoms with Crippen LogP contribution in [-0.4, -0.2) is 51.3 Å². The van der Waals surface area contributed by atoms with Gasteiger partial charge in [-0.05, 0) is 0 Å². The van der Waals surface area contributed by atoms with Crippen LogP contribution in [0.1, 0.15) is 84.5 Å². The predicted molar refractivity (Wildman–Crippen MR) is 106 cm³/mol. The quantitative estimate of drug-likeness (QED) is 0.139. The molecule has 0 aromatic carbocycles. The van der Waals surface area contributed by atoms with Crippen LogP contribution in [0.2, 0.25) is 5.82 Å². The van der Waals surface area contributed by atoms with Crippen molar-refractivity contribution < 1.29 is 17.3 Å². The molecule has 1 saturated carbocycles. The normalized spacial score (nSPS) is 33.4. The van der Waals surface area contributed by atoms with Gasteiger partial charge in [-0.3, -0.25) is 0 Å². The van der Waals surface area contributed by atoms with Gasteiger partial charge in [-0.2, -0.15) is 0 Å². The van der Waals surface area contributed by atoms with Gasteiger partial charge in [0, 0.05) is 0 Å². The Hall–Kier alpha value is 0.624. The van der Waals surface area contributed by atoms with Gasteiger partial charge in [0.05, 0.1) is 0 Å². The molecule has 9 heteroatoms. The first-order valence-electron chi connectivity index (χ1n) is 9.96. The zero-order chi connectivity index (χ0) is 19.2. The van der Waals surface area contributed by atoms with E-state index in [1.807, 2.05) is 0 Å². The van der Waals surface area contributed by atoms with E-state index in [1.165, 1.54) is 19.3 Å². The van der Waals surface area contributed by atoms with Gasteiger partial charge in [0.1, 0.15) is 0 Å². The van der Waals surface area contributed by atoms with Gasteiger partial charge in [0.2, 0.25) is 0 Å². The van der Waals surface area contributed by atoms with E-state index in [0.717, 1.165) is 61.5 Å². The van der Waals surface area contributed by atoms with Crippen molar-refractivity contribution in [3.8, 4) is 0 Å². The molecule has 147 valence electrons. The minimum atomic E-state index is -1.57. The molecule has 1 aliphatic heterocycles. The SMILES string of the molecule is CCCCC1OB(C2CCCCC2)OC(CCCC)([O][Sn])C1(Br)[N+](=O)[O-]. The maximum absolute atomic E-state index is 12.2. The third kappa shape index (κ3) is 4.61. The van der Waals surface area contributed by atoms with E-state index in [0.29, 0.717) is 18.7 Å². The Labute approximate surface area is 179 Å². The Morgan fingerprint density at radius 1 is 1.27 bits per heavy atom. The number of nitrogens with zero attached hydrogens (tertiary/aromatic N) is 1. The zero-order valence-corrected chi connectivity index (χ0v) is 20.3. The summed E-state index contributed by atoms with van der Waals surface area (Å²) in [5, 5.41) is 12.2. The van der Waals surface area contributed by atoms with Crippen LogP contribution in [0, 0.1) is 10.1 Å². The van der Waals surface area contributed by atoms with Crippen LogP contribution >= 0.6 is 15.9 Å². The first-order valence-corrected chi connectivity index (χ1v) is 11.9. The third-order valence-electron chi connectivity index (χ3n) is 5.71. The molecule has 1 aliphatic carbocycles. The van der Waals surface area contributed by atoms with Crippen LogP contribution in [0.5, 0.6) is 0 Å². The van der Waals surface area contributed by atoms with Crippen molar-refractivity contribution in [2.45, 2.75) is 107 Å². The van der Waals surface area contributed by atoms with Crippen molar-refractivity contribution in [3.63, 3.8) is 0 Å². The van der Waals surface area contributed by atoms with Gasteiger partial charge >= 0.3 is 180 Å². The van der Waals surface area contributed by atoms with Crippen LogP contribution in [0.3, 0.4) is 0 Å². The molecule has 2 aliphatic rings. The summed E-state index contributed by atoms with van der Waals surface area (Å²) in [5.74, 6) is -0.979. The van der Waals surface area contributed by atoms with Crippen LogP contribution in [0.25, 0.3) is 0 Å². The summed E-state index contributed by atoms with van der Waals surface area (Å²) in [5.41, 5.74) is 0. The first-order chi connectivity index (χ1) is 12.4. The van der Waals surface area contributed by atoms with Gasteiger partial charge in [-0.1, -0.05) is 0 Å². The number of alkyl halides is 1. The molecular formula is C17H30BBrNO5Sn. The van der Waals surface area contributed by atoms with Gasteiger partial charge in [0.25, 0.3) is 0 Å². The van der Waals surface area contributed by atoms with Crippen molar-refractivity contribution in [1.82, 2.24) is 0 Å². The first kappa shape index (κ1) is 22.9. The molecule has 1 heterocycles. The van der Waals surface area contributed by atoms with E-state index in [-0.39, 0.29) is 4.92 Å². The summed E-state index contributed by atoms with van der Waals surface area (Å²) in [6, 6.07) is 0. The molecule has 0 spiro atoms. The molecular weight excluding hydrogens is 508 g/mol. The second-order valence-electron chi connectivity index (χ2n) is 7.54. The summed E-state index contributed by atoms with van der Waals surface area (Å²) in [7, 11) is -0.417. The van der Waals surface area contributed by atoms with E-state index in [9.17, 15) is 10.1 Å². The van der Waals surface area contributed by atoms with Gasteiger partial charge < -0.3 is 0 Å². The molecule has 2 fully saturated rings. The Bertz CT molecular complexity index is 470. The topological polar surface area (TPSA) is 70.8 Å². The summed E-state index contributed by atoms with van der Waals surface area (Å²) in [4.78, 5) is 11.9. The standard InChI is InChI=1S/C17H30BBrNO5.Sn/c1-3-5-12-15-17(19,20(22)23)16(21,13-6-4-2)25-18(24-15)14-10-8-7-9-11-14;/h14-15H,3-13H2,1-2H3;/q-1;+1. The third-order valence-corrected chi connectivity index (χ3v) is 8.06. The molecule has 3 unspecified atom stereocenters. The fourth-order valence-electron chi connectivity index (χ4n) is 4.10. The number of rotatable bonds is 9. The van der Waals surface area contributed by atoms with Gasteiger partial charge in [0.15, 0.2) is 0 Å². The molecule has 0 aromatic rings. The van der Waals surface area contributed by atoms with Gasteiger partial charge in [-0.15, -0.1) is 0 Å². The average molecular weight is 538 g/mol. The molecule has 0 aromatic heterocycles. The molecule has 2 rings (SSSR count). The Kier molecular flexibility index (Phi) is 9.18. The van der Waals surface area contributed by atoms with Crippen LogP contribution in [0.4, 0.5) is 0 Å². The monoisotopic (exact) mass is 538 g/mol.